The lowest BCUT2D eigenvalue weighted by molar-refractivity contribution is 0.0697. The highest BCUT2D eigenvalue weighted by Crippen LogP contribution is 2.29. The van der Waals surface area contributed by atoms with Crippen LogP contribution in [0.5, 0.6) is 0 Å². The van der Waals surface area contributed by atoms with Crippen molar-refractivity contribution in [3.8, 4) is 34.0 Å². The Morgan fingerprint density at radius 2 is 1.10 bits per heavy atom. The predicted octanol–water partition coefficient (Wildman–Crippen LogP) is 6.07. The van der Waals surface area contributed by atoms with E-state index in [1.54, 1.807) is 24.3 Å². The molecule has 0 aliphatic carbocycles. The largest absolute Gasteiger partial charge is 0.478 e. The SMILES string of the molecule is CC(C)(C)c1ccc(-c2nnc(-c3ccc(-c4ccc(C(=O)O)cc4)cc3)o2)cc1. The lowest BCUT2D eigenvalue weighted by atomic mass is 9.87. The molecule has 4 aromatic rings. The minimum Gasteiger partial charge on any atom is -0.478 e. The van der Waals surface area contributed by atoms with Crippen LogP contribution in [-0.2, 0) is 5.41 Å². The van der Waals surface area contributed by atoms with E-state index < -0.39 is 5.97 Å². The van der Waals surface area contributed by atoms with Gasteiger partial charge >= 0.3 is 5.97 Å². The molecule has 0 unspecified atom stereocenters. The second kappa shape index (κ2) is 7.59. The second-order valence-corrected chi connectivity index (χ2v) is 8.20. The van der Waals surface area contributed by atoms with Crippen LogP contribution in [0.1, 0.15) is 36.7 Å². The van der Waals surface area contributed by atoms with Gasteiger partial charge in [0, 0.05) is 11.1 Å². The molecule has 0 radical (unpaired) electrons. The molecule has 0 bridgehead atoms. The maximum absolute atomic E-state index is 11.0. The first kappa shape index (κ1) is 19.6. The van der Waals surface area contributed by atoms with Crippen molar-refractivity contribution in [3.05, 3.63) is 83.9 Å². The summed E-state index contributed by atoms with van der Waals surface area (Å²) in [6.45, 7) is 6.53. The quantitative estimate of drug-likeness (QED) is 0.452. The van der Waals surface area contributed by atoms with E-state index in [9.17, 15) is 4.79 Å². The summed E-state index contributed by atoms with van der Waals surface area (Å²) in [5.74, 6) is 0.00797. The summed E-state index contributed by atoms with van der Waals surface area (Å²) < 4.78 is 5.88. The number of carboxylic acid groups (broad SMARTS) is 1. The average Bonchev–Trinajstić information content (AvgIpc) is 3.24. The Hall–Kier alpha value is -3.73. The van der Waals surface area contributed by atoms with Crippen LogP contribution in [-0.4, -0.2) is 21.3 Å². The topological polar surface area (TPSA) is 76.2 Å². The van der Waals surface area contributed by atoms with Gasteiger partial charge in [-0.3, -0.25) is 0 Å². The molecule has 4 rings (SSSR count). The van der Waals surface area contributed by atoms with E-state index in [1.165, 1.54) is 5.56 Å². The summed E-state index contributed by atoms with van der Waals surface area (Å²) in [6.07, 6.45) is 0. The molecule has 0 fully saturated rings. The number of aromatic nitrogens is 2. The Morgan fingerprint density at radius 1 is 0.700 bits per heavy atom. The number of aromatic carboxylic acids is 1. The minimum atomic E-state index is -0.933. The lowest BCUT2D eigenvalue weighted by Gasteiger charge is -2.18. The average molecular weight is 398 g/mol. The summed E-state index contributed by atoms with van der Waals surface area (Å²) >= 11 is 0. The fraction of sp³-hybridized carbons (Fsp3) is 0.160. The van der Waals surface area contributed by atoms with Crippen LogP contribution < -0.4 is 0 Å². The van der Waals surface area contributed by atoms with E-state index in [0.717, 1.165) is 22.3 Å². The van der Waals surface area contributed by atoms with Crippen LogP contribution in [0.3, 0.4) is 0 Å². The highest BCUT2D eigenvalue weighted by atomic mass is 16.4. The van der Waals surface area contributed by atoms with Crippen LogP contribution in [0.2, 0.25) is 0 Å². The van der Waals surface area contributed by atoms with Crippen LogP contribution in [0, 0.1) is 0 Å². The van der Waals surface area contributed by atoms with Crippen molar-refractivity contribution < 1.29 is 14.3 Å². The zero-order valence-electron chi connectivity index (χ0n) is 17.1. The summed E-state index contributed by atoms with van der Waals surface area (Å²) in [5, 5.41) is 17.4. The van der Waals surface area contributed by atoms with E-state index >= 15 is 0 Å². The van der Waals surface area contributed by atoms with Crippen LogP contribution in [0.15, 0.2) is 77.2 Å². The smallest absolute Gasteiger partial charge is 0.335 e. The summed E-state index contributed by atoms with van der Waals surface area (Å²) in [4.78, 5) is 11.0. The second-order valence-electron chi connectivity index (χ2n) is 8.20. The zero-order chi connectivity index (χ0) is 21.3. The Kier molecular flexibility index (Phi) is 4.96. The van der Waals surface area contributed by atoms with Crippen molar-refractivity contribution in [1.82, 2.24) is 10.2 Å². The first-order chi connectivity index (χ1) is 14.3. The molecular formula is C25H22N2O3. The number of benzene rings is 3. The molecule has 0 aliphatic rings. The van der Waals surface area contributed by atoms with Crippen LogP contribution in [0.4, 0.5) is 0 Å². The molecule has 5 heteroatoms. The van der Waals surface area contributed by atoms with E-state index in [4.69, 9.17) is 9.52 Å². The van der Waals surface area contributed by atoms with E-state index in [0.29, 0.717) is 11.8 Å². The number of rotatable bonds is 4. The fourth-order valence-electron chi connectivity index (χ4n) is 3.18. The monoisotopic (exact) mass is 398 g/mol. The third-order valence-corrected chi connectivity index (χ3v) is 5.02. The summed E-state index contributed by atoms with van der Waals surface area (Å²) in [5.41, 5.74) is 5.24. The molecule has 30 heavy (non-hydrogen) atoms. The molecule has 0 atom stereocenters. The van der Waals surface area contributed by atoms with Crippen molar-refractivity contribution >= 4 is 5.97 Å². The van der Waals surface area contributed by atoms with Crippen LogP contribution >= 0.6 is 0 Å². The molecule has 5 nitrogen and oxygen atoms in total. The number of carboxylic acids is 1. The first-order valence-electron chi connectivity index (χ1n) is 9.70. The van der Waals surface area contributed by atoms with Crippen molar-refractivity contribution in [2.45, 2.75) is 26.2 Å². The minimum absolute atomic E-state index is 0.0915. The normalized spacial score (nSPS) is 11.4. The maximum Gasteiger partial charge on any atom is 0.335 e. The standard InChI is InChI=1S/C25H22N2O3/c1-25(2,3)21-14-12-19(13-15-21)23-27-26-22(30-23)18-8-4-16(5-9-18)17-6-10-20(11-7-17)24(28)29/h4-15H,1-3H3,(H,28,29). The zero-order valence-corrected chi connectivity index (χ0v) is 17.1. The highest BCUT2D eigenvalue weighted by molar-refractivity contribution is 5.88. The molecule has 0 saturated heterocycles. The highest BCUT2D eigenvalue weighted by Gasteiger charge is 2.15. The Balaban J connectivity index is 1.54. The van der Waals surface area contributed by atoms with Gasteiger partial charge in [-0.1, -0.05) is 57.2 Å². The molecule has 1 heterocycles. The van der Waals surface area contributed by atoms with Crippen molar-refractivity contribution in [2.75, 3.05) is 0 Å². The maximum atomic E-state index is 11.0. The summed E-state index contributed by atoms with van der Waals surface area (Å²) in [7, 11) is 0. The number of hydrogen-bond donors (Lipinski definition) is 1. The van der Waals surface area contributed by atoms with Crippen molar-refractivity contribution in [3.63, 3.8) is 0 Å². The molecule has 1 N–H and O–H groups in total. The molecule has 150 valence electrons. The van der Waals surface area contributed by atoms with Gasteiger partial charge < -0.3 is 9.52 Å². The van der Waals surface area contributed by atoms with Gasteiger partial charge in [0.05, 0.1) is 5.56 Å². The van der Waals surface area contributed by atoms with Gasteiger partial charge in [0.2, 0.25) is 11.8 Å². The van der Waals surface area contributed by atoms with Gasteiger partial charge in [-0.15, -0.1) is 10.2 Å². The fourth-order valence-corrected chi connectivity index (χ4v) is 3.18. The lowest BCUT2D eigenvalue weighted by Crippen LogP contribution is -2.10. The van der Waals surface area contributed by atoms with E-state index in [1.807, 2.05) is 36.4 Å². The third kappa shape index (κ3) is 4.01. The van der Waals surface area contributed by atoms with E-state index in [2.05, 4.69) is 43.1 Å². The predicted molar refractivity (Wildman–Crippen MR) is 116 cm³/mol. The van der Waals surface area contributed by atoms with Gasteiger partial charge in [-0.05, 0) is 58.5 Å². The molecular weight excluding hydrogens is 376 g/mol. The molecule has 1 aromatic heterocycles. The van der Waals surface area contributed by atoms with Gasteiger partial charge in [0.15, 0.2) is 0 Å². The van der Waals surface area contributed by atoms with Crippen molar-refractivity contribution in [2.24, 2.45) is 0 Å². The first-order valence-corrected chi connectivity index (χ1v) is 9.70. The molecule has 0 spiro atoms. The van der Waals surface area contributed by atoms with Gasteiger partial charge in [0.1, 0.15) is 0 Å². The van der Waals surface area contributed by atoms with Crippen molar-refractivity contribution in [1.29, 1.82) is 0 Å². The third-order valence-electron chi connectivity index (χ3n) is 5.02. The molecule has 0 amide bonds. The van der Waals surface area contributed by atoms with Gasteiger partial charge in [-0.2, -0.15) is 0 Å². The molecule has 3 aromatic carbocycles. The Morgan fingerprint density at radius 3 is 1.53 bits per heavy atom. The van der Waals surface area contributed by atoms with Gasteiger partial charge in [0.25, 0.3) is 0 Å². The number of hydrogen-bond acceptors (Lipinski definition) is 4. The Bertz CT molecular complexity index is 1170. The van der Waals surface area contributed by atoms with Crippen LogP contribution in [0.25, 0.3) is 34.0 Å². The summed E-state index contributed by atoms with van der Waals surface area (Å²) in [6, 6.07) is 22.7. The van der Waals surface area contributed by atoms with E-state index in [-0.39, 0.29) is 11.0 Å². The molecule has 0 saturated carbocycles. The van der Waals surface area contributed by atoms with Gasteiger partial charge in [-0.25, -0.2) is 4.79 Å². The number of nitrogens with zero attached hydrogens (tertiary/aromatic N) is 2. The molecule has 0 aliphatic heterocycles. The number of carbonyl (C=O) groups is 1. The Labute approximate surface area is 175 Å².